The van der Waals surface area contributed by atoms with Crippen molar-refractivity contribution in [3.63, 3.8) is 0 Å². The van der Waals surface area contributed by atoms with Crippen molar-refractivity contribution < 1.29 is 14.1 Å². The van der Waals surface area contributed by atoms with Gasteiger partial charge in [-0.3, -0.25) is 0 Å². The second-order valence-corrected chi connectivity index (χ2v) is 6.35. The highest BCUT2D eigenvalue weighted by Gasteiger charge is 2.52. The Morgan fingerprint density at radius 1 is 1.10 bits per heavy atom. The van der Waals surface area contributed by atoms with Crippen molar-refractivity contribution in [2.75, 3.05) is 0 Å². The summed E-state index contributed by atoms with van der Waals surface area (Å²) in [4.78, 5) is 10.5. The fourth-order valence-electron chi connectivity index (χ4n) is 2.34. The van der Waals surface area contributed by atoms with E-state index >= 15 is 0 Å². The lowest BCUT2D eigenvalue weighted by Gasteiger charge is -2.32. The zero-order valence-corrected chi connectivity index (χ0v) is 12.8. The Morgan fingerprint density at radius 2 is 1.70 bits per heavy atom. The summed E-state index contributed by atoms with van der Waals surface area (Å²) in [6.45, 7) is 8.23. The number of carbonyl (C=O) groups is 1. The van der Waals surface area contributed by atoms with Gasteiger partial charge < -0.3 is 14.1 Å². The highest BCUT2D eigenvalue weighted by atomic mass is 16.7. The molecule has 0 bridgehead atoms. The van der Waals surface area contributed by atoms with Gasteiger partial charge >= 0.3 is 7.12 Å². The summed E-state index contributed by atoms with van der Waals surface area (Å²) in [5.41, 5.74) is 1.63. The van der Waals surface area contributed by atoms with Crippen molar-refractivity contribution in [3.05, 3.63) is 29.8 Å². The molecule has 0 amide bonds. The Balaban J connectivity index is 2.19. The first-order chi connectivity index (χ1) is 9.37. The first-order valence-electron chi connectivity index (χ1n) is 7.24. The molecule has 1 fully saturated rings. The summed E-state index contributed by atoms with van der Waals surface area (Å²) in [7, 11) is -0.326. The van der Waals surface area contributed by atoms with E-state index in [1.54, 1.807) is 0 Å². The standard InChI is InChI=1S/C16H23BO3/c1-15(2)16(3,4)20-17(19-15)14-11-6-5-9-13(14)10-7-8-12-18/h5-6,9,11-12H,7-8,10H2,1-4H3. The Bertz CT molecular complexity index is 466. The average Bonchev–Trinajstić information content (AvgIpc) is 2.59. The molecule has 0 spiro atoms. The molecule has 0 saturated carbocycles. The van der Waals surface area contributed by atoms with E-state index in [0.29, 0.717) is 6.42 Å². The molecule has 0 unspecified atom stereocenters. The summed E-state index contributed by atoms with van der Waals surface area (Å²) in [6.07, 6.45) is 3.30. The van der Waals surface area contributed by atoms with Crippen LogP contribution in [-0.2, 0) is 20.5 Å². The highest BCUT2D eigenvalue weighted by molar-refractivity contribution is 6.62. The number of rotatable bonds is 5. The van der Waals surface area contributed by atoms with Gasteiger partial charge in [0, 0.05) is 6.42 Å². The van der Waals surface area contributed by atoms with E-state index < -0.39 is 0 Å². The number of benzene rings is 1. The normalized spacial score (nSPS) is 20.1. The number of unbranched alkanes of at least 4 members (excludes halogenated alkanes) is 1. The topological polar surface area (TPSA) is 35.5 Å². The van der Waals surface area contributed by atoms with Crippen molar-refractivity contribution in [2.24, 2.45) is 0 Å². The van der Waals surface area contributed by atoms with Crippen molar-refractivity contribution in [1.29, 1.82) is 0 Å². The van der Waals surface area contributed by atoms with Gasteiger partial charge in [0.1, 0.15) is 6.29 Å². The van der Waals surface area contributed by atoms with Crippen LogP contribution in [0.3, 0.4) is 0 Å². The second kappa shape index (κ2) is 5.70. The Labute approximate surface area is 121 Å². The quantitative estimate of drug-likeness (QED) is 0.470. The fourth-order valence-corrected chi connectivity index (χ4v) is 2.34. The smallest absolute Gasteiger partial charge is 0.399 e. The van der Waals surface area contributed by atoms with Gasteiger partial charge in [0.05, 0.1) is 11.2 Å². The molecule has 1 aliphatic rings. The van der Waals surface area contributed by atoms with Crippen LogP contribution in [0.25, 0.3) is 0 Å². The van der Waals surface area contributed by atoms with Gasteiger partial charge in [0.25, 0.3) is 0 Å². The van der Waals surface area contributed by atoms with Gasteiger partial charge in [0.15, 0.2) is 0 Å². The van der Waals surface area contributed by atoms with Crippen LogP contribution < -0.4 is 5.46 Å². The van der Waals surface area contributed by atoms with Gasteiger partial charge in [-0.2, -0.15) is 0 Å². The molecule has 20 heavy (non-hydrogen) atoms. The van der Waals surface area contributed by atoms with Crippen LogP contribution in [0.15, 0.2) is 24.3 Å². The van der Waals surface area contributed by atoms with Crippen molar-refractivity contribution in [3.8, 4) is 0 Å². The molecule has 108 valence electrons. The average molecular weight is 274 g/mol. The third-order valence-electron chi connectivity index (χ3n) is 4.33. The van der Waals surface area contributed by atoms with Crippen LogP contribution in [0.4, 0.5) is 0 Å². The van der Waals surface area contributed by atoms with E-state index in [9.17, 15) is 4.79 Å². The van der Waals surface area contributed by atoms with Crippen molar-refractivity contribution >= 4 is 18.9 Å². The van der Waals surface area contributed by atoms with Crippen molar-refractivity contribution in [2.45, 2.75) is 58.2 Å². The van der Waals surface area contributed by atoms with E-state index in [0.717, 1.165) is 24.6 Å². The first kappa shape index (κ1) is 15.3. The van der Waals surface area contributed by atoms with Crippen LogP contribution in [0.2, 0.25) is 0 Å². The van der Waals surface area contributed by atoms with Crippen LogP contribution in [0.5, 0.6) is 0 Å². The molecular formula is C16H23BO3. The van der Waals surface area contributed by atoms with Gasteiger partial charge in [-0.1, -0.05) is 24.3 Å². The Morgan fingerprint density at radius 3 is 2.30 bits per heavy atom. The van der Waals surface area contributed by atoms with Gasteiger partial charge in [-0.15, -0.1) is 0 Å². The Hall–Kier alpha value is -1.13. The van der Waals surface area contributed by atoms with Gasteiger partial charge in [-0.25, -0.2) is 0 Å². The molecule has 1 aromatic carbocycles. The van der Waals surface area contributed by atoms with E-state index in [1.165, 1.54) is 5.56 Å². The Kier molecular flexibility index (Phi) is 4.35. The number of hydrogen-bond donors (Lipinski definition) is 0. The zero-order chi connectivity index (χ0) is 14.8. The lowest BCUT2D eigenvalue weighted by atomic mass is 9.75. The molecule has 0 aromatic heterocycles. The maximum absolute atomic E-state index is 10.5. The molecule has 0 aliphatic carbocycles. The van der Waals surface area contributed by atoms with E-state index in [-0.39, 0.29) is 18.3 Å². The second-order valence-electron chi connectivity index (χ2n) is 6.35. The van der Waals surface area contributed by atoms with Crippen LogP contribution in [-0.4, -0.2) is 24.6 Å². The highest BCUT2D eigenvalue weighted by Crippen LogP contribution is 2.36. The molecule has 1 heterocycles. The first-order valence-corrected chi connectivity index (χ1v) is 7.24. The summed E-state index contributed by atoms with van der Waals surface area (Å²) in [5, 5.41) is 0. The molecule has 1 aliphatic heterocycles. The molecule has 0 radical (unpaired) electrons. The minimum atomic E-state index is -0.326. The summed E-state index contributed by atoms with van der Waals surface area (Å²) in [6, 6.07) is 8.16. The predicted octanol–water partition coefficient (Wildman–Crippen LogP) is 2.51. The molecule has 4 heteroatoms. The molecule has 3 nitrogen and oxygen atoms in total. The maximum atomic E-state index is 10.5. The number of hydrogen-bond acceptors (Lipinski definition) is 3. The third-order valence-corrected chi connectivity index (χ3v) is 4.33. The van der Waals surface area contributed by atoms with Gasteiger partial charge in [-0.05, 0) is 51.6 Å². The van der Waals surface area contributed by atoms with Crippen LogP contribution in [0.1, 0.15) is 46.1 Å². The largest absolute Gasteiger partial charge is 0.495 e. The maximum Gasteiger partial charge on any atom is 0.495 e. The van der Waals surface area contributed by atoms with Crippen LogP contribution >= 0.6 is 0 Å². The molecule has 0 N–H and O–H groups in total. The summed E-state index contributed by atoms with van der Waals surface area (Å²) >= 11 is 0. The third kappa shape index (κ3) is 2.96. The van der Waals surface area contributed by atoms with E-state index in [2.05, 4.69) is 39.8 Å². The number of aldehydes is 1. The molecular weight excluding hydrogens is 251 g/mol. The lowest BCUT2D eigenvalue weighted by Crippen LogP contribution is -2.41. The number of aryl methyl sites for hydroxylation is 1. The minimum absolute atomic E-state index is 0.326. The summed E-state index contributed by atoms with van der Waals surface area (Å²) in [5.74, 6) is 0. The SMILES string of the molecule is CC1(C)OB(c2ccccc2CCCC=O)OC1(C)C. The fraction of sp³-hybridized carbons (Fsp3) is 0.562. The molecule has 0 atom stereocenters. The number of carbonyl (C=O) groups excluding carboxylic acids is 1. The monoisotopic (exact) mass is 274 g/mol. The minimum Gasteiger partial charge on any atom is -0.399 e. The lowest BCUT2D eigenvalue weighted by molar-refractivity contribution is -0.107. The van der Waals surface area contributed by atoms with E-state index in [1.807, 2.05) is 12.1 Å². The molecule has 1 aromatic rings. The van der Waals surface area contributed by atoms with Crippen molar-refractivity contribution in [1.82, 2.24) is 0 Å². The summed E-state index contributed by atoms with van der Waals surface area (Å²) < 4.78 is 12.2. The predicted molar refractivity (Wildman–Crippen MR) is 81.2 cm³/mol. The van der Waals surface area contributed by atoms with Gasteiger partial charge in [0.2, 0.25) is 0 Å². The zero-order valence-electron chi connectivity index (χ0n) is 12.8. The molecule has 1 saturated heterocycles. The van der Waals surface area contributed by atoms with Crippen LogP contribution in [0, 0.1) is 0 Å². The molecule has 2 rings (SSSR count). The van der Waals surface area contributed by atoms with E-state index in [4.69, 9.17) is 9.31 Å².